The van der Waals surface area contributed by atoms with Crippen molar-refractivity contribution >= 4 is 31.8 Å². The van der Waals surface area contributed by atoms with Crippen LogP contribution in [0.5, 0.6) is 0 Å². The molecule has 2 aromatic heterocycles. The van der Waals surface area contributed by atoms with Crippen LogP contribution in [-0.2, 0) is 70.7 Å². The number of benzene rings is 4. The number of rotatable bonds is 25. The van der Waals surface area contributed by atoms with Crippen LogP contribution in [-0.4, -0.2) is 99.3 Å². The lowest BCUT2D eigenvalue weighted by molar-refractivity contribution is -0.131. The topological polar surface area (TPSA) is 211 Å². The molecular formula is C63H78N7O10P. The second-order valence-electron chi connectivity index (χ2n) is 23.1. The summed E-state index contributed by atoms with van der Waals surface area (Å²) in [6.07, 6.45) is -0.100. The molecule has 81 heavy (non-hydrogen) atoms. The summed E-state index contributed by atoms with van der Waals surface area (Å²) >= 11 is 0. The summed E-state index contributed by atoms with van der Waals surface area (Å²) in [7, 11) is -3.45. The number of hydrogen-bond acceptors (Lipinski definition) is 12. The molecule has 5 amide bonds. The highest BCUT2D eigenvalue weighted by Gasteiger charge is 2.46. The average molecular weight is 1120 g/mol. The molecule has 3 heterocycles. The molecule has 7 rings (SSSR count). The van der Waals surface area contributed by atoms with E-state index in [-0.39, 0.29) is 51.6 Å². The Bertz CT molecular complexity index is 3000. The van der Waals surface area contributed by atoms with Gasteiger partial charge in [-0.1, -0.05) is 169 Å². The molecular weight excluding hydrogens is 1050 g/mol. The number of nitrogens with one attached hydrogen (secondary N) is 3. The second-order valence-corrected chi connectivity index (χ2v) is 24.8. The highest BCUT2D eigenvalue weighted by molar-refractivity contribution is 7.48. The fourth-order valence-corrected chi connectivity index (χ4v) is 11.1. The van der Waals surface area contributed by atoms with Crippen LogP contribution in [0, 0.1) is 10.8 Å². The highest BCUT2D eigenvalue weighted by Crippen LogP contribution is 2.53. The number of carbonyl (C=O) groups is 4. The van der Waals surface area contributed by atoms with Crippen LogP contribution in [0.2, 0.25) is 0 Å². The van der Waals surface area contributed by atoms with Crippen molar-refractivity contribution in [3.63, 3.8) is 0 Å². The maximum atomic E-state index is 15.7. The summed E-state index contributed by atoms with van der Waals surface area (Å²) in [5.74, 6) is -1.03. The van der Waals surface area contributed by atoms with Crippen LogP contribution in [0.1, 0.15) is 95.5 Å². The van der Waals surface area contributed by atoms with Crippen molar-refractivity contribution < 1.29 is 47.2 Å². The second kappa shape index (κ2) is 27.5. The summed E-state index contributed by atoms with van der Waals surface area (Å²) in [6.45, 7) is 14.8. The predicted octanol–water partition coefficient (Wildman–Crippen LogP) is 10.6. The van der Waals surface area contributed by atoms with Crippen molar-refractivity contribution in [3.8, 4) is 11.3 Å². The minimum Gasteiger partial charge on any atom is -0.453 e. The molecule has 1 saturated heterocycles. The monoisotopic (exact) mass is 1120 g/mol. The van der Waals surface area contributed by atoms with Gasteiger partial charge in [-0.2, -0.15) is 0 Å². The summed E-state index contributed by atoms with van der Waals surface area (Å²) < 4.78 is 40.2. The number of amides is 5. The van der Waals surface area contributed by atoms with Crippen LogP contribution >= 0.6 is 7.82 Å². The van der Waals surface area contributed by atoms with Crippen LogP contribution in [0.4, 0.5) is 9.59 Å². The van der Waals surface area contributed by atoms with Gasteiger partial charge in [0.2, 0.25) is 11.8 Å². The number of phosphoric ester groups is 1. The molecule has 0 radical (unpaired) electrons. The third kappa shape index (κ3) is 17.9. The SMILES string of the molecule is COC(=O)N[C@H](C(=O)N[C@H](Cc1ccc(-c2ccccn2)cc1)C[C@H](OP(=O)(OCc1ccccc1)OCc1ccccc1)[C@H](Cc1ccccc1)NC(=O)[C@@H](N1CCN(Cc2cccc(C(C)(C)O)n2)C1=O)C(C)(C)C)C(C)(C)C. The predicted molar refractivity (Wildman–Crippen MR) is 311 cm³/mol. The van der Waals surface area contributed by atoms with Crippen molar-refractivity contribution in [2.24, 2.45) is 10.8 Å². The third-order valence-corrected chi connectivity index (χ3v) is 15.4. The van der Waals surface area contributed by atoms with Gasteiger partial charge < -0.3 is 35.6 Å². The van der Waals surface area contributed by atoms with Gasteiger partial charge in [0, 0.05) is 30.9 Å². The Morgan fingerprint density at radius 1 is 0.654 bits per heavy atom. The smallest absolute Gasteiger partial charge is 0.453 e. The number of hydrogen-bond donors (Lipinski definition) is 4. The number of pyridine rings is 2. The molecule has 6 aromatic rings. The van der Waals surface area contributed by atoms with Crippen LogP contribution < -0.4 is 16.0 Å². The van der Waals surface area contributed by atoms with Crippen molar-refractivity contribution in [2.45, 2.75) is 130 Å². The van der Waals surface area contributed by atoms with Gasteiger partial charge in [0.15, 0.2) is 0 Å². The van der Waals surface area contributed by atoms with E-state index in [0.717, 1.165) is 22.4 Å². The number of methoxy groups -OCH3 is 1. The van der Waals surface area contributed by atoms with E-state index in [2.05, 4.69) is 25.9 Å². The lowest BCUT2D eigenvalue weighted by Gasteiger charge is -2.39. The van der Waals surface area contributed by atoms with Crippen molar-refractivity contribution in [1.82, 2.24) is 35.7 Å². The minimum absolute atomic E-state index is 0.0959. The van der Waals surface area contributed by atoms with E-state index in [1.165, 1.54) is 7.11 Å². The van der Waals surface area contributed by atoms with Gasteiger partial charge in [-0.05, 0) is 90.5 Å². The zero-order valence-corrected chi connectivity index (χ0v) is 48.8. The molecule has 0 bridgehead atoms. The quantitative estimate of drug-likeness (QED) is 0.0395. The summed E-state index contributed by atoms with van der Waals surface area (Å²) in [4.78, 5) is 70.3. The molecule has 4 N–H and O–H groups in total. The number of ether oxygens (including phenoxy) is 1. The van der Waals surface area contributed by atoms with E-state index in [9.17, 15) is 19.5 Å². The molecule has 18 heteroatoms. The number of nitrogens with zero attached hydrogens (tertiary/aromatic N) is 4. The molecule has 1 aliphatic rings. The number of aromatic nitrogens is 2. The standard InChI is InChI=1S/C63H78N7O10P/c1-61(2,3)55(68-59(73)77-9)57(71)66-50(38-45-31-33-48(34-32-45)51-29-19-20-35-64-51)40-53(80-81(76,78-42-46-24-15-11-16-25-46)79-43-47-26-17-12-18-27-47)52(39-44-22-13-10-14-23-44)67-58(72)56(62(4,5)6)70-37-36-69(60(70)74)41-49-28-21-30-54(65-49)63(7,8)75/h10-35,50,52-53,55-56,75H,36-43H2,1-9H3,(H,66,71)(H,67,72)(H,68,73)/t50-,52+,53+,55-,56-/m1/s1. The summed E-state index contributed by atoms with van der Waals surface area (Å²) in [6, 6.07) is 42.2. The molecule has 4 aromatic carbocycles. The van der Waals surface area contributed by atoms with E-state index in [4.69, 9.17) is 18.3 Å². The number of carbonyl (C=O) groups excluding carboxylic acids is 4. The minimum atomic E-state index is -4.67. The Labute approximate surface area is 476 Å². The molecule has 0 aliphatic carbocycles. The number of urea groups is 1. The summed E-state index contributed by atoms with van der Waals surface area (Å²) in [5, 5.41) is 20.0. The zero-order chi connectivity index (χ0) is 58.4. The maximum absolute atomic E-state index is 15.7. The Morgan fingerprint density at radius 2 is 1.23 bits per heavy atom. The first kappa shape index (κ1) is 61.4. The van der Waals surface area contributed by atoms with E-state index in [1.54, 1.807) is 48.0 Å². The molecule has 430 valence electrons. The molecule has 0 saturated carbocycles. The van der Waals surface area contributed by atoms with Crippen LogP contribution in [0.3, 0.4) is 0 Å². The van der Waals surface area contributed by atoms with Crippen molar-refractivity contribution in [3.05, 3.63) is 191 Å². The van der Waals surface area contributed by atoms with E-state index >= 15 is 9.36 Å². The van der Waals surface area contributed by atoms with E-state index in [1.807, 2.05) is 175 Å². The first-order valence-electron chi connectivity index (χ1n) is 27.4. The van der Waals surface area contributed by atoms with Gasteiger partial charge >= 0.3 is 19.9 Å². The van der Waals surface area contributed by atoms with Gasteiger partial charge in [-0.25, -0.2) is 14.2 Å². The first-order valence-corrected chi connectivity index (χ1v) is 28.8. The fraction of sp³-hybridized carbons (Fsp3) is 0.397. The van der Waals surface area contributed by atoms with Gasteiger partial charge in [-0.3, -0.25) is 33.1 Å². The number of alkyl carbamates (subject to hydrolysis) is 1. The maximum Gasteiger partial charge on any atom is 0.475 e. The Hall–Kier alpha value is -7.27. The lowest BCUT2D eigenvalue weighted by Crippen LogP contribution is -2.59. The summed E-state index contributed by atoms with van der Waals surface area (Å²) in [5.41, 5.74) is 2.85. The van der Waals surface area contributed by atoms with E-state index < -0.39 is 72.4 Å². The van der Waals surface area contributed by atoms with Crippen molar-refractivity contribution in [1.29, 1.82) is 0 Å². The fourth-order valence-electron chi connectivity index (χ4n) is 9.74. The number of phosphoric acid groups is 1. The first-order chi connectivity index (χ1) is 38.5. The van der Waals surface area contributed by atoms with Gasteiger partial charge in [0.05, 0.1) is 56.1 Å². The van der Waals surface area contributed by atoms with E-state index in [0.29, 0.717) is 29.1 Å². The average Bonchev–Trinajstić information content (AvgIpc) is 3.81. The third-order valence-electron chi connectivity index (χ3n) is 13.9. The Morgan fingerprint density at radius 3 is 1.78 bits per heavy atom. The molecule has 1 aliphatic heterocycles. The molecule has 0 spiro atoms. The molecule has 0 unspecified atom stereocenters. The number of aliphatic hydroxyl groups is 1. The van der Waals surface area contributed by atoms with Gasteiger partial charge in [0.25, 0.3) is 0 Å². The molecule has 17 nitrogen and oxygen atoms in total. The normalized spacial score (nSPS) is 15.1. The van der Waals surface area contributed by atoms with Crippen LogP contribution in [0.15, 0.2) is 158 Å². The van der Waals surface area contributed by atoms with Gasteiger partial charge in [0.1, 0.15) is 17.7 Å². The van der Waals surface area contributed by atoms with Crippen molar-refractivity contribution in [2.75, 3.05) is 20.2 Å². The highest BCUT2D eigenvalue weighted by atomic mass is 31.2. The van der Waals surface area contributed by atoms with Gasteiger partial charge in [-0.15, -0.1) is 0 Å². The Balaban J connectivity index is 1.32. The molecule has 5 atom stereocenters. The molecule has 1 fully saturated rings. The zero-order valence-electron chi connectivity index (χ0n) is 47.9. The van der Waals surface area contributed by atoms with Crippen LogP contribution in [0.25, 0.3) is 11.3 Å². The Kier molecular flexibility index (Phi) is 20.8. The largest absolute Gasteiger partial charge is 0.475 e. The lowest BCUT2D eigenvalue weighted by atomic mass is 9.84.